The third kappa shape index (κ3) is 3.89. The van der Waals surface area contributed by atoms with Crippen molar-refractivity contribution in [2.24, 2.45) is 0 Å². The maximum absolute atomic E-state index is 13.3. The summed E-state index contributed by atoms with van der Waals surface area (Å²) in [5, 5.41) is 50.9. The Labute approximate surface area is 218 Å². The molecule has 9 nitrogen and oxygen atoms in total. The molecule has 0 unspecified atom stereocenters. The summed E-state index contributed by atoms with van der Waals surface area (Å²) in [4.78, 5) is 26.5. The van der Waals surface area contributed by atoms with Gasteiger partial charge in [0.05, 0.1) is 16.5 Å². The van der Waals surface area contributed by atoms with Crippen LogP contribution in [0.25, 0.3) is 55.3 Å². The van der Waals surface area contributed by atoms with E-state index in [0.717, 1.165) is 6.07 Å². The average Bonchev–Trinajstić information content (AvgIpc) is 2.90. The maximum Gasteiger partial charge on any atom is 0.204 e. The molecule has 6 rings (SSSR count). The zero-order chi connectivity index (χ0) is 27.4. The van der Waals surface area contributed by atoms with E-state index in [1.54, 1.807) is 12.1 Å². The fourth-order valence-electron chi connectivity index (χ4n) is 4.56. The predicted octanol–water partition coefficient (Wildman–Crippen LogP) is 5.43. The molecule has 0 saturated heterocycles. The van der Waals surface area contributed by atoms with Gasteiger partial charge < -0.3 is 34.4 Å². The molecule has 0 aliphatic carbocycles. The number of hydrogen-bond donors (Lipinski definition) is 5. The molecule has 39 heavy (non-hydrogen) atoms. The van der Waals surface area contributed by atoms with Gasteiger partial charge in [-0.15, -0.1) is 0 Å². The van der Waals surface area contributed by atoms with Gasteiger partial charge in [0.1, 0.15) is 57.8 Å². The van der Waals surface area contributed by atoms with Crippen LogP contribution >= 0.6 is 0 Å². The lowest BCUT2D eigenvalue weighted by Gasteiger charge is -2.12. The van der Waals surface area contributed by atoms with E-state index in [2.05, 4.69) is 0 Å². The predicted molar refractivity (Wildman–Crippen MR) is 143 cm³/mol. The van der Waals surface area contributed by atoms with Gasteiger partial charge in [0.2, 0.25) is 10.9 Å². The van der Waals surface area contributed by atoms with E-state index in [1.807, 2.05) is 0 Å². The number of rotatable bonds is 3. The molecule has 2 aromatic heterocycles. The Hall–Kier alpha value is -5.70. The number of hydrogen-bond acceptors (Lipinski definition) is 9. The van der Waals surface area contributed by atoms with Crippen LogP contribution in [0.1, 0.15) is 0 Å². The first kappa shape index (κ1) is 23.7. The summed E-state index contributed by atoms with van der Waals surface area (Å²) in [6, 6.07) is 15.1. The summed E-state index contributed by atoms with van der Waals surface area (Å²) < 4.78 is 11.1. The van der Waals surface area contributed by atoms with Crippen LogP contribution in [0.15, 0.2) is 97.7 Å². The average molecular weight is 522 g/mol. The van der Waals surface area contributed by atoms with Crippen LogP contribution in [0, 0.1) is 0 Å². The van der Waals surface area contributed by atoms with Gasteiger partial charge in [-0.1, -0.05) is 18.2 Å². The minimum absolute atomic E-state index is 0.0106. The molecule has 0 radical (unpaired) electrons. The second-order valence-corrected chi connectivity index (χ2v) is 8.94. The Morgan fingerprint density at radius 1 is 0.487 bits per heavy atom. The summed E-state index contributed by atoms with van der Waals surface area (Å²) in [6.45, 7) is 0. The van der Waals surface area contributed by atoms with Gasteiger partial charge in [0.15, 0.2) is 0 Å². The van der Waals surface area contributed by atoms with E-state index in [1.165, 1.54) is 61.1 Å². The Bertz CT molecular complexity index is 2050. The number of benzene rings is 4. The molecular weight excluding hydrogens is 504 g/mol. The molecule has 0 amide bonds. The highest BCUT2D eigenvalue weighted by atomic mass is 16.3. The summed E-state index contributed by atoms with van der Waals surface area (Å²) in [5.41, 5.74) is 0.469. The second-order valence-electron chi connectivity index (χ2n) is 8.94. The quantitative estimate of drug-likeness (QED) is 0.204. The SMILES string of the molecule is O=c1c(-c2ccc(O)cc2)coc2cc(O)c(-c3cc(-c4coc5cc(O)cc(O)c5c4=O)ccc3O)cc12. The highest BCUT2D eigenvalue weighted by Crippen LogP contribution is 2.40. The van der Waals surface area contributed by atoms with Gasteiger partial charge in [0, 0.05) is 29.3 Å². The van der Waals surface area contributed by atoms with Gasteiger partial charge in [-0.3, -0.25) is 9.59 Å². The summed E-state index contributed by atoms with van der Waals surface area (Å²) >= 11 is 0. The van der Waals surface area contributed by atoms with Crippen LogP contribution < -0.4 is 10.9 Å². The standard InChI is InChI=1S/C30H18O9/c31-16-4-1-14(2-5-16)21-12-38-26-11-24(34)19(10-20(26)29(21)36)18-7-15(3-6-23(18)33)22-13-39-27-9-17(32)8-25(35)28(27)30(22)37/h1-13,31-35H. The minimum atomic E-state index is -0.577. The lowest BCUT2D eigenvalue weighted by molar-refractivity contribution is 0.452. The molecular formula is C30H18O9. The van der Waals surface area contributed by atoms with E-state index < -0.39 is 16.6 Å². The monoisotopic (exact) mass is 522 g/mol. The number of phenolic OH excluding ortho intramolecular Hbond substituents is 5. The normalized spacial score (nSPS) is 11.3. The molecule has 0 fully saturated rings. The molecule has 0 saturated carbocycles. The van der Waals surface area contributed by atoms with Gasteiger partial charge >= 0.3 is 0 Å². The van der Waals surface area contributed by atoms with E-state index in [4.69, 9.17) is 8.83 Å². The first-order valence-corrected chi connectivity index (χ1v) is 11.6. The molecule has 0 aliphatic rings. The lowest BCUT2D eigenvalue weighted by atomic mass is 9.96. The van der Waals surface area contributed by atoms with Crippen LogP contribution in [0.5, 0.6) is 28.7 Å². The first-order valence-electron chi connectivity index (χ1n) is 11.6. The largest absolute Gasteiger partial charge is 0.508 e. The Balaban J connectivity index is 1.53. The van der Waals surface area contributed by atoms with Crippen LogP contribution in [-0.2, 0) is 0 Å². The third-order valence-electron chi connectivity index (χ3n) is 6.51. The fraction of sp³-hybridized carbons (Fsp3) is 0. The highest BCUT2D eigenvalue weighted by Gasteiger charge is 2.19. The number of phenols is 5. The van der Waals surface area contributed by atoms with Crippen molar-refractivity contribution in [1.29, 1.82) is 0 Å². The van der Waals surface area contributed by atoms with Crippen molar-refractivity contribution in [3.63, 3.8) is 0 Å². The van der Waals surface area contributed by atoms with Crippen molar-refractivity contribution in [3.8, 4) is 62.1 Å². The molecule has 9 heteroatoms. The Morgan fingerprint density at radius 3 is 1.87 bits per heavy atom. The minimum Gasteiger partial charge on any atom is -0.508 e. The molecule has 0 aliphatic heterocycles. The van der Waals surface area contributed by atoms with Gasteiger partial charge in [-0.2, -0.15) is 0 Å². The van der Waals surface area contributed by atoms with Gasteiger partial charge in [0.25, 0.3) is 0 Å². The maximum atomic E-state index is 13.3. The van der Waals surface area contributed by atoms with Crippen LogP contribution in [0.3, 0.4) is 0 Å². The molecule has 0 atom stereocenters. The fourth-order valence-corrected chi connectivity index (χ4v) is 4.56. The molecule has 6 aromatic rings. The van der Waals surface area contributed by atoms with E-state index in [9.17, 15) is 35.1 Å². The molecule has 0 spiro atoms. The number of fused-ring (bicyclic) bond motifs is 2. The number of aromatic hydroxyl groups is 5. The summed E-state index contributed by atoms with van der Waals surface area (Å²) in [7, 11) is 0. The van der Waals surface area contributed by atoms with Crippen molar-refractivity contribution < 1.29 is 34.4 Å². The smallest absolute Gasteiger partial charge is 0.204 e. The van der Waals surface area contributed by atoms with Gasteiger partial charge in [-0.05, 0) is 41.5 Å². The van der Waals surface area contributed by atoms with Gasteiger partial charge in [-0.25, -0.2) is 0 Å². The van der Waals surface area contributed by atoms with E-state index >= 15 is 0 Å². The van der Waals surface area contributed by atoms with Crippen molar-refractivity contribution in [1.82, 2.24) is 0 Å². The molecule has 5 N–H and O–H groups in total. The summed E-state index contributed by atoms with van der Waals surface area (Å²) in [5.74, 6) is -1.20. The zero-order valence-corrected chi connectivity index (χ0v) is 19.9. The Kier molecular flexibility index (Phi) is 5.28. The van der Waals surface area contributed by atoms with Crippen LogP contribution in [-0.4, -0.2) is 25.5 Å². The van der Waals surface area contributed by atoms with Crippen LogP contribution in [0.4, 0.5) is 0 Å². The molecule has 192 valence electrons. The highest BCUT2D eigenvalue weighted by molar-refractivity contribution is 5.92. The summed E-state index contributed by atoms with van der Waals surface area (Å²) in [6.07, 6.45) is 2.43. The lowest BCUT2D eigenvalue weighted by Crippen LogP contribution is -2.05. The topological polar surface area (TPSA) is 162 Å². The van der Waals surface area contributed by atoms with E-state index in [-0.39, 0.29) is 67.2 Å². The van der Waals surface area contributed by atoms with Crippen molar-refractivity contribution in [2.75, 3.05) is 0 Å². The van der Waals surface area contributed by atoms with E-state index in [0.29, 0.717) is 11.1 Å². The molecule has 0 bridgehead atoms. The third-order valence-corrected chi connectivity index (χ3v) is 6.51. The van der Waals surface area contributed by atoms with Crippen molar-refractivity contribution in [3.05, 3.63) is 99.7 Å². The Morgan fingerprint density at radius 2 is 1.13 bits per heavy atom. The zero-order valence-electron chi connectivity index (χ0n) is 19.9. The van der Waals surface area contributed by atoms with Crippen LogP contribution in [0.2, 0.25) is 0 Å². The molecule has 2 heterocycles. The first-order chi connectivity index (χ1) is 18.7. The van der Waals surface area contributed by atoms with Crippen molar-refractivity contribution >= 4 is 21.9 Å². The second kappa shape index (κ2) is 8.70. The molecule has 4 aromatic carbocycles. The van der Waals surface area contributed by atoms with Crippen molar-refractivity contribution in [2.45, 2.75) is 0 Å².